The molecule has 0 saturated heterocycles. The summed E-state index contributed by atoms with van der Waals surface area (Å²) < 4.78 is 4.87. The Hall–Kier alpha value is -1.45. The maximum Gasteiger partial charge on any atom is 0.355 e. The molecule has 0 aliphatic heterocycles. The standard InChI is InChI=1S/C9H14N2O2/c1-4-13-9(12)8-6(2)5-7(10-3)11-8/h5,10-11H,4H2,1-3H3. The lowest BCUT2D eigenvalue weighted by molar-refractivity contribution is 0.0519. The lowest BCUT2D eigenvalue weighted by Gasteiger charge is -1.99. The zero-order valence-corrected chi connectivity index (χ0v) is 8.10. The van der Waals surface area contributed by atoms with Gasteiger partial charge in [0.25, 0.3) is 0 Å². The Bertz CT molecular complexity index is 305. The molecule has 1 aromatic rings. The molecule has 0 aromatic carbocycles. The molecular formula is C9H14N2O2. The number of anilines is 1. The highest BCUT2D eigenvalue weighted by Gasteiger charge is 2.12. The first kappa shape index (κ1) is 9.64. The zero-order valence-electron chi connectivity index (χ0n) is 8.10. The monoisotopic (exact) mass is 182 g/mol. The molecule has 0 atom stereocenters. The summed E-state index contributed by atoms with van der Waals surface area (Å²) in [6, 6.07) is 1.87. The Balaban J connectivity index is 2.87. The number of esters is 1. The van der Waals surface area contributed by atoms with Crippen molar-refractivity contribution >= 4 is 11.8 Å². The van der Waals surface area contributed by atoms with Crippen molar-refractivity contribution in [2.75, 3.05) is 19.0 Å². The van der Waals surface area contributed by atoms with E-state index in [-0.39, 0.29) is 5.97 Å². The van der Waals surface area contributed by atoms with E-state index >= 15 is 0 Å². The molecule has 0 unspecified atom stereocenters. The second-order valence-corrected chi connectivity index (χ2v) is 2.71. The van der Waals surface area contributed by atoms with Crippen LogP contribution < -0.4 is 5.32 Å². The molecule has 72 valence electrons. The number of carbonyl (C=O) groups excluding carboxylic acids is 1. The molecule has 4 heteroatoms. The number of nitrogens with one attached hydrogen (secondary N) is 2. The molecule has 0 spiro atoms. The van der Waals surface area contributed by atoms with E-state index in [0.29, 0.717) is 12.3 Å². The SMILES string of the molecule is CCOC(=O)c1[nH]c(NC)cc1C. The van der Waals surface area contributed by atoms with E-state index in [0.717, 1.165) is 11.4 Å². The fourth-order valence-corrected chi connectivity index (χ4v) is 1.11. The van der Waals surface area contributed by atoms with Gasteiger partial charge in [0.1, 0.15) is 11.5 Å². The third kappa shape index (κ3) is 2.02. The minimum atomic E-state index is -0.304. The number of carbonyl (C=O) groups is 1. The molecular weight excluding hydrogens is 168 g/mol. The molecule has 0 radical (unpaired) electrons. The fraction of sp³-hybridized carbons (Fsp3) is 0.444. The van der Waals surface area contributed by atoms with Crippen molar-refractivity contribution in [3.8, 4) is 0 Å². The molecule has 0 saturated carbocycles. The predicted octanol–water partition coefficient (Wildman–Crippen LogP) is 1.54. The molecule has 0 bridgehead atoms. The van der Waals surface area contributed by atoms with Crippen molar-refractivity contribution in [1.29, 1.82) is 0 Å². The lowest BCUT2D eigenvalue weighted by Crippen LogP contribution is -2.06. The van der Waals surface area contributed by atoms with Crippen molar-refractivity contribution in [1.82, 2.24) is 4.98 Å². The molecule has 4 nitrogen and oxygen atoms in total. The lowest BCUT2D eigenvalue weighted by atomic mass is 10.3. The van der Waals surface area contributed by atoms with Gasteiger partial charge in [0.05, 0.1) is 6.61 Å². The highest BCUT2D eigenvalue weighted by atomic mass is 16.5. The van der Waals surface area contributed by atoms with Crippen LogP contribution in [0.1, 0.15) is 23.0 Å². The normalized spacial score (nSPS) is 9.77. The average molecular weight is 182 g/mol. The molecule has 0 aliphatic rings. The van der Waals surface area contributed by atoms with Crippen molar-refractivity contribution in [2.45, 2.75) is 13.8 Å². The Morgan fingerprint density at radius 2 is 2.38 bits per heavy atom. The van der Waals surface area contributed by atoms with Gasteiger partial charge in [-0.1, -0.05) is 0 Å². The van der Waals surface area contributed by atoms with Crippen LogP contribution in [0.25, 0.3) is 0 Å². The number of aromatic amines is 1. The van der Waals surface area contributed by atoms with Crippen LogP contribution in [0.2, 0.25) is 0 Å². The van der Waals surface area contributed by atoms with E-state index in [1.165, 1.54) is 0 Å². The van der Waals surface area contributed by atoms with E-state index in [4.69, 9.17) is 4.74 Å². The Morgan fingerprint density at radius 1 is 1.69 bits per heavy atom. The smallest absolute Gasteiger partial charge is 0.355 e. The van der Waals surface area contributed by atoms with Gasteiger partial charge in [0.2, 0.25) is 0 Å². The van der Waals surface area contributed by atoms with Crippen LogP contribution in [0.15, 0.2) is 6.07 Å². The van der Waals surface area contributed by atoms with E-state index < -0.39 is 0 Å². The molecule has 0 fully saturated rings. The van der Waals surface area contributed by atoms with Crippen LogP contribution in [-0.2, 0) is 4.74 Å². The predicted molar refractivity (Wildman–Crippen MR) is 51.0 cm³/mol. The molecule has 1 heterocycles. The molecule has 1 rings (SSSR count). The summed E-state index contributed by atoms with van der Waals surface area (Å²) in [5, 5.41) is 2.92. The first-order chi connectivity index (χ1) is 6.19. The maximum atomic E-state index is 11.3. The second kappa shape index (κ2) is 3.98. The summed E-state index contributed by atoms with van der Waals surface area (Å²) in [7, 11) is 1.79. The quantitative estimate of drug-likeness (QED) is 0.697. The number of rotatable bonds is 3. The van der Waals surface area contributed by atoms with E-state index in [1.807, 2.05) is 13.0 Å². The summed E-state index contributed by atoms with van der Waals surface area (Å²) in [6.45, 7) is 4.05. The van der Waals surface area contributed by atoms with Crippen LogP contribution in [0.5, 0.6) is 0 Å². The van der Waals surface area contributed by atoms with Crippen molar-refractivity contribution in [3.63, 3.8) is 0 Å². The summed E-state index contributed by atoms with van der Waals surface area (Å²) >= 11 is 0. The first-order valence-electron chi connectivity index (χ1n) is 4.23. The van der Waals surface area contributed by atoms with E-state index in [2.05, 4.69) is 10.3 Å². The maximum absolute atomic E-state index is 11.3. The molecule has 1 aromatic heterocycles. The summed E-state index contributed by atoms with van der Waals surface area (Å²) in [5.41, 5.74) is 1.41. The highest BCUT2D eigenvalue weighted by Crippen LogP contribution is 2.14. The molecule has 2 N–H and O–H groups in total. The van der Waals surface area contributed by atoms with Crippen molar-refractivity contribution < 1.29 is 9.53 Å². The Labute approximate surface area is 77.3 Å². The van der Waals surface area contributed by atoms with Crippen LogP contribution in [-0.4, -0.2) is 24.6 Å². The highest BCUT2D eigenvalue weighted by molar-refractivity contribution is 5.90. The average Bonchev–Trinajstić information content (AvgIpc) is 2.47. The molecule has 0 amide bonds. The molecule has 0 aliphatic carbocycles. The minimum Gasteiger partial charge on any atom is -0.461 e. The number of hydrogen-bond acceptors (Lipinski definition) is 3. The van der Waals surface area contributed by atoms with Gasteiger partial charge in [-0.3, -0.25) is 0 Å². The van der Waals surface area contributed by atoms with Crippen LogP contribution >= 0.6 is 0 Å². The number of H-pyrrole nitrogens is 1. The number of aryl methyl sites for hydroxylation is 1. The van der Waals surface area contributed by atoms with Gasteiger partial charge >= 0.3 is 5.97 Å². The molecule has 13 heavy (non-hydrogen) atoms. The van der Waals surface area contributed by atoms with Gasteiger partial charge in [-0.25, -0.2) is 4.79 Å². The fourth-order valence-electron chi connectivity index (χ4n) is 1.11. The van der Waals surface area contributed by atoms with Gasteiger partial charge in [-0.05, 0) is 25.5 Å². The number of ether oxygens (including phenoxy) is 1. The van der Waals surface area contributed by atoms with Crippen molar-refractivity contribution in [2.24, 2.45) is 0 Å². The number of aromatic nitrogens is 1. The Morgan fingerprint density at radius 3 is 2.85 bits per heavy atom. The second-order valence-electron chi connectivity index (χ2n) is 2.71. The van der Waals surface area contributed by atoms with Gasteiger partial charge in [-0.2, -0.15) is 0 Å². The Kier molecular flexibility index (Phi) is 2.95. The first-order valence-corrected chi connectivity index (χ1v) is 4.23. The van der Waals surface area contributed by atoms with Crippen LogP contribution in [0.3, 0.4) is 0 Å². The third-order valence-electron chi connectivity index (χ3n) is 1.76. The summed E-state index contributed by atoms with van der Waals surface area (Å²) in [4.78, 5) is 14.2. The van der Waals surface area contributed by atoms with Crippen molar-refractivity contribution in [3.05, 3.63) is 17.3 Å². The van der Waals surface area contributed by atoms with Gasteiger partial charge < -0.3 is 15.0 Å². The van der Waals surface area contributed by atoms with Gasteiger partial charge in [0, 0.05) is 7.05 Å². The van der Waals surface area contributed by atoms with Crippen LogP contribution in [0, 0.1) is 6.92 Å². The largest absolute Gasteiger partial charge is 0.461 e. The number of hydrogen-bond donors (Lipinski definition) is 2. The van der Waals surface area contributed by atoms with Crippen LogP contribution in [0.4, 0.5) is 5.82 Å². The summed E-state index contributed by atoms with van der Waals surface area (Å²) in [6.07, 6.45) is 0. The zero-order chi connectivity index (χ0) is 9.84. The summed E-state index contributed by atoms with van der Waals surface area (Å²) in [5.74, 6) is 0.516. The topological polar surface area (TPSA) is 54.1 Å². The van der Waals surface area contributed by atoms with Gasteiger partial charge in [-0.15, -0.1) is 0 Å². The third-order valence-corrected chi connectivity index (χ3v) is 1.76. The van der Waals surface area contributed by atoms with E-state index in [1.54, 1.807) is 14.0 Å². The minimum absolute atomic E-state index is 0.304. The van der Waals surface area contributed by atoms with E-state index in [9.17, 15) is 4.79 Å². The van der Waals surface area contributed by atoms with Gasteiger partial charge in [0.15, 0.2) is 0 Å².